The highest BCUT2D eigenvalue weighted by molar-refractivity contribution is 9.09. The number of alkyl halides is 1. The van der Waals surface area contributed by atoms with Crippen molar-refractivity contribution < 1.29 is 19.1 Å². The molecule has 3 heterocycles. The molecule has 2 fully saturated rings. The van der Waals surface area contributed by atoms with Crippen LogP contribution in [0.15, 0.2) is 48.5 Å². The molecule has 0 saturated carbocycles. The van der Waals surface area contributed by atoms with Gasteiger partial charge in [-0.25, -0.2) is 4.90 Å². The molecule has 0 aliphatic carbocycles. The molecule has 7 nitrogen and oxygen atoms in total. The minimum absolute atomic E-state index is 0.176. The van der Waals surface area contributed by atoms with E-state index < -0.39 is 17.4 Å². The van der Waals surface area contributed by atoms with E-state index >= 15 is 0 Å². The molecule has 0 radical (unpaired) electrons. The predicted octanol–water partition coefficient (Wildman–Crippen LogP) is 2.43. The Kier molecular flexibility index (Phi) is 4.67. The highest BCUT2D eigenvalue weighted by atomic mass is 79.9. The third-order valence-electron chi connectivity index (χ3n) is 6.65. The molecule has 160 valence electrons. The molecule has 2 aromatic rings. The Morgan fingerprint density at radius 2 is 1.77 bits per heavy atom. The zero-order valence-electron chi connectivity index (χ0n) is 17.2. The van der Waals surface area contributed by atoms with Crippen molar-refractivity contribution in [3.63, 3.8) is 0 Å². The summed E-state index contributed by atoms with van der Waals surface area (Å²) in [5, 5.41) is 3.99. The second-order valence-corrected chi connectivity index (χ2v) is 8.91. The van der Waals surface area contributed by atoms with Gasteiger partial charge >= 0.3 is 0 Å². The van der Waals surface area contributed by atoms with E-state index in [-0.39, 0.29) is 23.8 Å². The van der Waals surface area contributed by atoms with Crippen LogP contribution < -0.4 is 19.9 Å². The molecular weight excluding hydrogens is 462 g/mol. The van der Waals surface area contributed by atoms with E-state index in [1.165, 1.54) is 4.90 Å². The number of para-hydroxylation sites is 1. The maximum absolute atomic E-state index is 13.8. The van der Waals surface area contributed by atoms with E-state index in [2.05, 4.69) is 21.2 Å². The van der Waals surface area contributed by atoms with E-state index in [0.29, 0.717) is 23.3 Å². The van der Waals surface area contributed by atoms with Gasteiger partial charge in [0.1, 0.15) is 11.3 Å². The fraction of sp³-hybridized carbons (Fsp3) is 0.348. The number of imide groups is 1. The van der Waals surface area contributed by atoms with Gasteiger partial charge in [0, 0.05) is 29.2 Å². The van der Waals surface area contributed by atoms with Crippen LogP contribution in [0.1, 0.15) is 12.5 Å². The van der Waals surface area contributed by atoms with Crippen LogP contribution in [0.2, 0.25) is 0 Å². The van der Waals surface area contributed by atoms with Gasteiger partial charge < -0.3 is 9.64 Å². The number of hydrogen-bond donors (Lipinski definition) is 1. The Morgan fingerprint density at radius 1 is 1.06 bits per heavy atom. The number of nitrogens with one attached hydrogen (secondary N) is 1. The number of benzene rings is 2. The van der Waals surface area contributed by atoms with Crippen molar-refractivity contribution in [3.8, 4) is 5.75 Å². The van der Waals surface area contributed by atoms with E-state index in [0.717, 1.165) is 11.3 Å². The number of carbonyl (C=O) groups is 3. The summed E-state index contributed by atoms with van der Waals surface area (Å²) in [6.45, 7) is 2.35. The van der Waals surface area contributed by atoms with Gasteiger partial charge in [0.15, 0.2) is 0 Å². The molecule has 31 heavy (non-hydrogen) atoms. The van der Waals surface area contributed by atoms with Crippen molar-refractivity contribution in [3.05, 3.63) is 54.1 Å². The number of carbonyl (C=O) groups excluding carboxylic acids is 3. The lowest BCUT2D eigenvalue weighted by Crippen LogP contribution is -2.55. The molecule has 2 saturated heterocycles. The Bertz CT molecular complexity index is 1090. The second kappa shape index (κ2) is 7.17. The third kappa shape index (κ3) is 2.58. The summed E-state index contributed by atoms with van der Waals surface area (Å²) in [6, 6.07) is 14.0. The molecule has 5 rings (SSSR count). The van der Waals surface area contributed by atoms with Gasteiger partial charge in [0.05, 0.1) is 24.6 Å². The van der Waals surface area contributed by atoms with Crippen molar-refractivity contribution in [2.75, 3.05) is 28.8 Å². The molecule has 4 atom stereocenters. The highest BCUT2D eigenvalue weighted by Gasteiger charge is 2.70. The van der Waals surface area contributed by atoms with Gasteiger partial charge in [0.25, 0.3) is 5.91 Å². The zero-order chi connectivity index (χ0) is 21.9. The molecule has 3 aliphatic rings. The first-order chi connectivity index (χ1) is 15.0. The number of amides is 3. The molecule has 8 heteroatoms. The van der Waals surface area contributed by atoms with Gasteiger partial charge in [-0.3, -0.25) is 19.7 Å². The summed E-state index contributed by atoms with van der Waals surface area (Å²) in [4.78, 5) is 43.9. The SMILES string of the molecule is COc1ccc(N2C(=O)[C@@H]3[C@H](C)N[C@]4(C(=O)N(CCBr)c5ccccc54)[C@H]3C2=O)cc1. The molecule has 0 unspecified atom stereocenters. The normalized spacial score (nSPS) is 29.1. The van der Waals surface area contributed by atoms with Crippen LogP contribution in [-0.4, -0.2) is 42.7 Å². The topological polar surface area (TPSA) is 79.0 Å². The first-order valence-electron chi connectivity index (χ1n) is 10.2. The number of anilines is 2. The van der Waals surface area contributed by atoms with Gasteiger partial charge in [-0.05, 0) is 37.3 Å². The van der Waals surface area contributed by atoms with Gasteiger partial charge in [0.2, 0.25) is 11.8 Å². The summed E-state index contributed by atoms with van der Waals surface area (Å²) in [5.74, 6) is -1.58. The van der Waals surface area contributed by atoms with Crippen LogP contribution in [0.3, 0.4) is 0 Å². The number of hydrogen-bond acceptors (Lipinski definition) is 5. The fourth-order valence-electron chi connectivity index (χ4n) is 5.40. The largest absolute Gasteiger partial charge is 0.497 e. The second-order valence-electron chi connectivity index (χ2n) is 8.12. The van der Waals surface area contributed by atoms with E-state index in [1.807, 2.05) is 31.2 Å². The third-order valence-corrected chi connectivity index (χ3v) is 7.01. The molecule has 3 aliphatic heterocycles. The average Bonchev–Trinajstić information content (AvgIpc) is 3.33. The molecule has 3 amide bonds. The minimum Gasteiger partial charge on any atom is -0.497 e. The van der Waals surface area contributed by atoms with Crippen LogP contribution in [0.4, 0.5) is 11.4 Å². The van der Waals surface area contributed by atoms with Crippen LogP contribution in [0.25, 0.3) is 0 Å². The lowest BCUT2D eigenvalue weighted by atomic mass is 9.76. The molecule has 2 aromatic carbocycles. The minimum atomic E-state index is -1.24. The van der Waals surface area contributed by atoms with Crippen LogP contribution in [0, 0.1) is 11.8 Å². The Balaban J connectivity index is 1.63. The van der Waals surface area contributed by atoms with Gasteiger partial charge in [-0.1, -0.05) is 34.1 Å². The summed E-state index contributed by atoms with van der Waals surface area (Å²) in [7, 11) is 1.56. The lowest BCUT2D eigenvalue weighted by molar-refractivity contribution is -0.132. The van der Waals surface area contributed by atoms with Gasteiger partial charge in [-0.15, -0.1) is 0 Å². The maximum Gasteiger partial charge on any atom is 0.252 e. The van der Waals surface area contributed by atoms with Crippen molar-refractivity contribution in [2.24, 2.45) is 11.8 Å². The van der Waals surface area contributed by atoms with E-state index in [9.17, 15) is 14.4 Å². The molecule has 0 aromatic heterocycles. The molecular formula is C23H22BrN3O4. The summed E-state index contributed by atoms with van der Waals surface area (Å²) in [6.07, 6.45) is 0. The first kappa shape index (κ1) is 20.2. The first-order valence-corrected chi connectivity index (χ1v) is 11.3. The van der Waals surface area contributed by atoms with Gasteiger partial charge in [-0.2, -0.15) is 0 Å². The quantitative estimate of drug-likeness (QED) is 0.533. The smallest absolute Gasteiger partial charge is 0.252 e. The van der Waals surface area contributed by atoms with Crippen LogP contribution in [0.5, 0.6) is 5.75 Å². The summed E-state index contributed by atoms with van der Waals surface area (Å²) < 4.78 is 5.19. The number of methoxy groups -OCH3 is 1. The van der Waals surface area contributed by atoms with E-state index in [1.54, 1.807) is 36.3 Å². The van der Waals surface area contributed by atoms with E-state index in [4.69, 9.17) is 4.74 Å². The van der Waals surface area contributed by atoms with Crippen molar-refractivity contribution in [2.45, 2.75) is 18.5 Å². The molecule has 1 N–H and O–H groups in total. The van der Waals surface area contributed by atoms with Crippen molar-refractivity contribution in [1.82, 2.24) is 5.32 Å². The summed E-state index contributed by atoms with van der Waals surface area (Å²) >= 11 is 3.42. The highest BCUT2D eigenvalue weighted by Crippen LogP contribution is 2.54. The number of ether oxygens (including phenoxy) is 1. The number of halogens is 1. The monoisotopic (exact) mass is 483 g/mol. The Morgan fingerprint density at radius 3 is 2.45 bits per heavy atom. The number of rotatable bonds is 4. The Hall–Kier alpha value is -2.71. The Labute approximate surface area is 188 Å². The van der Waals surface area contributed by atoms with Crippen molar-refractivity contribution in [1.29, 1.82) is 0 Å². The molecule has 0 bridgehead atoms. The zero-order valence-corrected chi connectivity index (χ0v) is 18.8. The standard InChI is InChI=1S/C23H22BrN3O4/c1-13-18-19(21(29)27(20(18)28)14-7-9-15(31-2)10-8-14)23(25-13)16-5-3-4-6-17(16)26(12-11-24)22(23)30/h3-10,13,18-19,25H,11-12H2,1-2H3/t13-,18+,19+,23-/m0/s1. The van der Waals surface area contributed by atoms with Crippen LogP contribution >= 0.6 is 15.9 Å². The maximum atomic E-state index is 13.8. The van der Waals surface area contributed by atoms with Crippen LogP contribution in [-0.2, 0) is 19.9 Å². The molecule has 1 spiro atoms. The predicted molar refractivity (Wildman–Crippen MR) is 119 cm³/mol. The number of nitrogens with zero attached hydrogens (tertiary/aromatic N) is 2. The summed E-state index contributed by atoms with van der Waals surface area (Å²) in [5.41, 5.74) is 0.800. The lowest BCUT2D eigenvalue weighted by Gasteiger charge is -2.30. The number of fused-ring (bicyclic) bond motifs is 4. The average molecular weight is 484 g/mol. The fourth-order valence-corrected chi connectivity index (χ4v) is 5.76. The van der Waals surface area contributed by atoms with Crippen molar-refractivity contribution >= 4 is 45.0 Å².